The fourth-order valence-electron chi connectivity index (χ4n) is 2.81. The van der Waals surface area contributed by atoms with Crippen LogP contribution in [0.25, 0.3) is 22.0 Å². The molecule has 3 heteroatoms. The summed E-state index contributed by atoms with van der Waals surface area (Å²) in [5.74, 6) is -0.0130. The van der Waals surface area contributed by atoms with E-state index >= 15 is 0 Å². The second-order valence-corrected chi connectivity index (χ2v) is 6.23. The molecule has 0 saturated carbocycles. The molecule has 0 saturated heterocycles. The van der Waals surface area contributed by atoms with E-state index in [1.54, 1.807) is 12.1 Å². The molecule has 0 amide bonds. The lowest BCUT2D eigenvalue weighted by molar-refractivity contribution is 0.628. The summed E-state index contributed by atoms with van der Waals surface area (Å²) in [6.45, 7) is 6.22. The van der Waals surface area contributed by atoms with Gasteiger partial charge in [-0.25, -0.2) is 9.37 Å². The average molecular weight is 314 g/mol. The number of aromatic nitrogens is 1. The Morgan fingerprint density at radius 3 is 2.36 bits per heavy atom. The Labute approximate surface area is 134 Å². The average Bonchev–Trinajstić information content (AvgIpc) is 2.46. The van der Waals surface area contributed by atoms with Crippen LogP contribution in [0, 0.1) is 12.7 Å². The first kappa shape index (κ1) is 15.0. The lowest BCUT2D eigenvalue weighted by atomic mass is 9.90. The fourth-order valence-corrected chi connectivity index (χ4v) is 3.22. The van der Waals surface area contributed by atoms with Gasteiger partial charge in [0.2, 0.25) is 0 Å². The van der Waals surface area contributed by atoms with Crippen molar-refractivity contribution in [3.63, 3.8) is 0 Å². The van der Waals surface area contributed by atoms with Crippen LogP contribution < -0.4 is 0 Å². The van der Waals surface area contributed by atoms with Crippen LogP contribution in [0.15, 0.2) is 42.5 Å². The topological polar surface area (TPSA) is 12.9 Å². The Kier molecular flexibility index (Phi) is 3.88. The number of hydrogen-bond acceptors (Lipinski definition) is 1. The molecular formula is C19H17ClFN. The van der Waals surface area contributed by atoms with Gasteiger partial charge in [-0.15, -0.1) is 0 Å². The predicted octanol–water partition coefficient (Wildman–Crippen LogP) is 6.13. The van der Waals surface area contributed by atoms with Crippen LogP contribution in [0.4, 0.5) is 4.39 Å². The van der Waals surface area contributed by atoms with Gasteiger partial charge >= 0.3 is 0 Å². The van der Waals surface area contributed by atoms with Crippen LogP contribution in [-0.2, 0) is 0 Å². The highest BCUT2D eigenvalue weighted by Crippen LogP contribution is 2.39. The van der Waals surface area contributed by atoms with E-state index in [2.05, 4.69) is 31.0 Å². The summed E-state index contributed by atoms with van der Waals surface area (Å²) in [6, 6.07) is 12.7. The molecule has 0 aliphatic rings. The minimum Gasteiger partial charge on any atom is -0.236 e. The first-order valence-corrected chi connectivity index (χ1v) is 7.71. The maximum Gasteiger partial charge on any atom is 0.133 e. The molecule has 1 aromatic heterocycles. The number of pyridine rings is 1. The van der Waals surface area contributed by atoms with Gasteiger partial charge in [-0.3, -0.25) is 0 Å². The third-order valence-corrected chi connectivity index (χ3v) is 4.13. The Hall–Kier alpha value is -1.93. The number of halogens is 2. The van der Waals surface area contributed by atoms with Gasteiger partial charge in [0, 0.05) is 10.9 Å². The Bertz CT molecular complexity index is 838. The first-order chi connectivity index (χ1) is 10.5. The summed E-state index contributed by atoms with van der Waals surface area (Å²) in [6.07, 6.45) is 0. The van der Waals surface area contributed by atoms with Gasteiger partial charge in [0.15, 0.2) is 0 Å². The maximum absolute atomic E-state index is 13.3. The highest BCUT2D eigenvalue weighted by molar-refractivity contribution is 6.31. The van der Waals surface area contributed by atoms with Gasteiger partial charge in [0.05, 0.1) is 5.52 Å². The molecule has 0 unspecified atom stereocenters. The molecule has 0 atom stereocenters. The SMILES string of the molecule is Cc1ccc2c(-c3ccc(F)cc3)c(C(C)C)c(Cl)nc2c1. The van der Waals surface area contributed by atoms with Gasteiger partial charge in [-0.2, -0.15) is 0 Å². The molecule has 1 nitrogen and oxygen atoms in total. The van der Waals surface area contributed by atoms with E-state index in [0.717, 1.165) is 33.2 Å². The number of nitrogens with zero attached hydrogens (tertiary/aromatic N) is 1. The van der Waals surface area contributed by atoms with Crippen molar-refractivity contribution in [2.75, 3.05) is 0 Å². The van der Waals surface area contributed by atoms with Crippen molar-refractivity contribution in [1.29, 1.82) is 0 Å². The van der Waals surface area contributed by atoms with E-state index in [0.29, 0.717) is 5.15 Å². The van der Waals surface area contributed by atoms with E-state index in [1.165, 1.54) is 12.1 Å². The molecule has 2 aromatic carbocycles. The van der Waals surface area contributed by atoms with Crippen LogP contribution in [0.3, 0.4) is 0 Å². The lowest BCUT2D eigenvalue weighted by Gasteiger charge is -2.17. The summed E-state index contributed by atoms with van der Waals surface area (Å²) in [7, 11) is 0. The molecule has 112 valence electrons. The molecule has 0 aliphatic heterocycles. The molecular weight excluding hydrogens is 297 g/mol. The normalized spacial score (nSPS) is 11.4. The molecule has 0 radical (unpaired) electrons. The van der Waals surface area contributed by atoms with E-state index in [1.807, 2.05) is 13.0 Å². The first-order valence-electron chi connectivity index (χ1n) is 7.33. The molecule has 22 heavy (non-hydrogen) atoms. The van der Waals surface area contributed by atoms with Crippen LogP contribution in [0.2, 0.25) is 5.15 Å². The standard InChI is InChI=1S/C19H17ClFN/c1-11(2)17-18(13-5-7-14(21)8-6-13)15-9-4-12(3)10-16(15)22-19(17)20/h4-11H,1-3H3. The summed E-state index contributed by atoms with van der Waals surface area (Å²) in [5.41, 5.74) is 5.02. The van der Waals surface area contributed by atoms with Crippen molar-refractivity contribution in [3.8, 4) is 11.1 Å². The molecule has 3 rings (SSSR count). The summed E-state index contributed by atoms with van der Waals surface area (Å²) in [4.78, 5) is 4.55. The van der Waals surface area contributed by atoms with E-state index in [9.17, 15) is 4.39 Å². The van der Waals surface area contributed by atoms with Crippen molar-refractivity contribution in [2.45, 2.75) is 26.7 Å². The van der Waals surface area contributed by atoms with Crippen LogP contribution in [-0.4, -0.2) is 4.98 Å². The van der Waals surface area contributed by atoms with Crippen molar-refractivity contribution in [3.05, 3.63) is 64.6 Å². The van der Waals surface area contributed by atoms with E-state index in [4.69, 9.17) is 11.6 Å². The number of benzene rings is 2. The summed E-state index contributed by atoms with van der Waals surface area (Å²) in [5, 5.41) is 1.57. The van der Waals surface area contributed by atoms with Gasteiger partial charge in [-0.05, 0) is 47.7 Å². The summed E-state index contributed by atoms with van der Waals surface area (Å²) >= 11 is 6.45. The Morgan fingerprint density at radius 1 is 1.05 bits per heavy atom. The minimum atomic E-state index is -0.241. The van der Waals surface area contributed by atoms with Crippen molar-refractivity contribution in [2.24, 2.45) is 0 Å². The third kappa shape index (κ3) is 2.59. The van der Waals surface area contributed by atoms with E-state index in [-0.39, 0.29) is 11.7 Å². The smallest absolute Gasteiger partial charge is 0.133 e. The van der Waals surface area contributed by atoms with Crippen LogP contribution in [0.5, 0.6) is 0 Å². The number of fused-ring (bicyclic) bond motifs is 1. The monoisotopic (exact) mass is 313 g/mol. The Morgan fingerprint density at radius 2 is 1.73 bits per heavy atom. The largest absolute Gasteiger partial charge is 0.236 e. The predicted molar refractivity (Wildman–Crippen MR) is 91.0 cm³/mol. The summed E-state index contributed by atoms with van der Waals surface area (Å²) < 4.78 is 13.3. The number of rotatable bonds is 2. The van der Waals surface area contributed by atoms with Crippen molar-refractivity contribution < 1.29 is 4.39 Å². The highest BCUT2D eigenvalue weighted by atomic mass is 35.5. The zero-order valence-corrected chi connectivity index (χ0v) is 13.6. The Balaban J connectivity index is 2.42. The second-order valence-electron chi connectivity index (χ2n) is 5.87. The van der Waals surface area contributed by atoms with Gasteiger partial charge in [0.25, 0.3) is 0 Å². The van der Waals surface area contributed by atoms with Gasteiger partial charge < -0.3 is 0 Å². The molecule has 0 bridgehead atoms. The highest BCUT2D eigenvalue weighted by Gasteiger charge is 2.18. The van der Waals surface area contributed by atoms with Crippen LogP contribution in [0.1, 0.15) is 30.9 Å². The molecule has 0 spiro atoms. The second kappa shape index (κ2) is 5.69. The fraction of sp³-hybridized carbons (Fsp3) is 0.211. The molecule has 1 heterocycles. The van der Waals surface area contributed by atoms with Crippen molar-refractivity contribution >= 4 is 22.5 Å². The maximum atomic E-state index is 13.3. The zero-order chi connectivity index (χ0) is 15.9. The van der Waals surface area contributed by atoms with Gasteiger partial charge in [-0.1, -0.05) is 49.7 Å². The quantitative estimate of drug-likeness (QED) is 0.519. The minimum absolute atomic E-state index is 0.228. The van der Waals surface area contributed by atoms with Gasteiger partial charge in [0.1, 0.15) is 11.0 Å². The molecule has 3 aromatic rings. The van der Waals surface area contributed by atoms with Crippen LogP contribution >= 0.6 is 11.6 Å². The zero-order valence-electron chi connectivity index (χ0n) is 12.8. The molecule has 0 fully saturated rings. The third-order valence-electron chi connectivity index (χ3n) is 3.84. The molecule has 0 N–H and O–H groups in total. The number of hydrogen-bond donors (Lipinski definition) is 0. The lowest BCUT2D eigenvalue weighted by Crippen LogP contribution is -1.99. The number of aryl methyl sites for hydroxylation is 1. The molecule has 0 aliphatic carbocycles. The van der Waals surface area contributed by atoms with Crippen molar-refractivity contribution in [1.82, 2.24) is 4.98 Å². The van der Waals surface area contributed by atoms with E-state index < -0.39 is 0 Å².